The Morgan fingerprint density at radius 2 is 1.93 bits per heavy atom. The molecule has 1 aliphatic rings. The van der Waals surface area contributed by atoms with Crippen molar-refractivity contribution in [3.63, 3.8) is 0 Å². The van der Waals surface area contributed by atoms with E-state index in [2.05, 4.69) is 55.0 Å². The zero-order valence-electron chi connectivity index (χ0n) is 16.3. The van der Waals surface area contributed by atoms with Crippen molar-refractivity contribution in [1.82, 2.24) is 15.0 Å². The fourth-order valence-electron chi connectivity index (χ4n) is 3.12. The standard InChI is InChI=1S/C20H27FN6O/c1-20(2,21)17-25-18(22-13-23-28)27-19(26-17)24-16(15-11-12-15)10-6-9-14-7-4-3-5-8-14/h3-5,7-8,13,15-16,28H,6,9-12H2,1-2H3,(H2,22,23,24,25,26,27). The molecular formula is C20H27FN6O. The van der Waals surface area contributed by atoms with Crippen LogP contribution in [0.2, 0.25) is 0 Å². The monoisotopic (exact) mass is 386 g/mol. The van der Waals surface area contributed by atoms with Gasteiger partial charge in [0.1, 0.15) is 6.34 Å². The Bertz CT molecular complexity index is 789. The minimum atomic E-state index is -1.71. The SMILES string of the molecule is CC(C)(F)c1nc(NC=NO)nc(NC(CCCc2ccccc2)C2CC2)n1. The first-order chi connectivity index (χ1) is 13.5. The van der Waals surface area contributed by atoms with E-state index in [0.717, 1.165) is 25.6 Å². The van der Waals surface area contributed by atoms with Crippen molar-refractivity contribution in [2.75, 3.05) is 10.6 Å². The van der Waals surface area contributed by atoms with Gasteiger partial charge in [-0.2, -0.15) is 15.0 Å². The molecule has 1 saturated carbocycles. The Morgan fingerprint density at radius 3 is 2.57 bits per heavy atom. The van der Waals surface area contributed by atoms with E-state index in [-0.39, 0.29) is 17.8 Å². The van der Waals surface area contributed by atoms with Crippen molar-refractivity contribution in [1.29, 1.82) is 0 Å². The van der Waals surface area contributed by atoms with Crippen molar-refractivity contribution < 1.29 is 9.60 Å². The van der Waals surface area contributed by atoms with E-state index in [1.54, 1.807) is 0 Å². The third kappa shape index (κ3) is 5.87. The maximum absolute atomic E-state index is 14.4. The molecule has 0 aliphatic heterocycles. The predicted octanol–water partition coefficient (Wildman–Crippen LogP) is 4.12. The summed E-state index contributed by atoms with van der Waals surface area (Å²) in [6.45, 7) is 2.79. The second kappa shape index (κ2) is 8.95. The lowest BCUT2D eigenvalue weighted by molar-refractivity contribution is 0.206. The summed E-state index contributed by atoms with van der Waals surface area (Å²) in [5, 5.41) is 17.5. The van der Waals surface area contributed by atoms with Crippen LogP contribution < -0.4 is 10.6 Å². The molecule has 3 N–H and O–H groups in total. The van der Waals surface area contributed by atoms with Crippen molar-refractivity contribution in [3.05, 3.63) is 41.7 Å². The molecule has 1 unspecified atom stereocenters. The molecule has 1 fully saturated rings. The number of rotatable bonds is 10. The Hall–Kier alpha value is -2.77. The fourth-order valence-corrected chi connectivity index (χ4v) is 3.12. The average Bonchev–Trinajstić information content (AvgIpc) is 3.51. The summed E-state index contributed by atoms with van der Waals surface area (Å²) in [6.07, 6.45) is 6.45. The molecule has 3 rings (SSSR count). The summed E-state index contributed by atoms with van der Waals surface area (Å²) in [4.78, 5) is 12.6. The summed E-state index contributed by atoms with van der Waals surface area (Å²) in [7, 11) is 0. The molecule has 1 aliphatic carbocycles. The van der Waals surface area contributed by atoms with E-state index in [4.69, 9.17) is 5.21 Å². The smallest absolute Gasteiger partial charge is 0.233 e. The lowest BCUT2D eigenvalue weighted by Gasteiger charge is -2.20. The van der Waals surface area contributed by atoms with Gasteiger partial charge in [0.05, 0.1) is 0 Å². The average molecular weight is 386 g/mol. The minimum absolute atomic E-state index is 0.0256. The molecule has 0 saturated heterocycles. The van der Waals surface area contributed by atoms with Crippen LogP contribution in [0.4, 0.5) is 16.3 Å². The summed E-state index contributed by atoms with van der Waals surface area (Å²) in [6, 6.07) is 10.7. The third-order valence-electron chi connectivity index (χ3n) is 4.75. The van der Waals surface area contributed by atoms with E-state index in [1.165, 1.54) is 32.3 Å². The van der Waals surface area contributed by atoms with Gasteiger partial charge in [-0.3, -0.25) is 0 Å². The number of nitrogens with zero attached hydrogens (tertiary/aromatic N) is 4. The number of aryl methyl sites for hydroxylation is 1. The highest BCUT2D eigenvalue weighted by Crippen LogP contribution is 2.36. The number of nitrogens with one attached hydrogen (secondary N) is 2. The number of oxime groups is 1. The second-order valence-corrected chi connectivity index (χ2v) is 7.63. The van der Waals surface area contributed by atoms with Gasteiger partial charge in [0.25, 0.3) is 0 Å². The van der Waals surface area contributed by atoms with Gasteiger partial charge in [-0.15, -0.1) is 0 Å². The van der Waals surface area contributed by atoms with E-state index >= 15 is 0 Å². The van der Waals surface area contributed by atoms with Gasteiger partial charge >= 0.3 is 0 Å². The molecule has 7 nitrogen and oxygen atoms in total. The topological polar surface area (TPSA) is 95.3 Å². The van der Waals surface area contributed by atoms with E-state index < -0.39 is 5.67 Å². The Labute approximate surface area is 164 Å². The van der Waals surface area contributed by atoms with Crippen molar-refractivity contribution in [2.45, 2.75) is 57.7 Å². The van der Waals surface area contributed by atoms with Crippen LogP contribution in [-0.2, 0) is 12.1 Å². The molecule has 1 aromatic carbocycles. The zero-order valence-corrected chi connectivity index (χ0v) is 16.3. The Kier molecular flexibility index (Phi) is 6.38. The van der Waals surface area contributed by atoms with Gasteiger partial charge in [-0.25, -0.2) is 4.39 Å². The molecule has 1 atom stereocenters. The maximum atomic E-state index is 14.4. The zero-order chi connectivity index (χ0) is 20.0. The van der Waals surface area contributed by atoms with Crippen LogP contribution in [-0.4, -0.2) is 32.5 Å². The van der Waals surface area contributed by atoms with Gasteiger partial charge in [-0.1, -0.05) is 35.5 Å². The lowest BCUT2D eigenvalue weighted by Crippen LogP contribution is -2.26. The first-order valence-corrected chi connectivity index (χ1v) is 9.64. The van der Waals surface area contributed by atoms with Crippen LogP contribution in [0.1, 0.15) is 50.9 Å². The highest BCUT2D eigenvalue weighted by atomic mass is 19.1. The van der Waals surface area contributed by atoms with E-state index in [1.807, 2.05) is 6.07 Å². The number of hydrogen-bond donors (Lipinski definition) is 3. The molecule has 0 amide bonds. The molecular weight excluding hydrogens is 359 g/mol. The molecule has 150 valence electrons. The van der Waals surface area contributed by atoms with Crippen LogP contribution in [0, 0.1) is 5.92 Å². The predicted molar refractivity (Wildman–Crippen MR) is 107 cm³/mol. The fraction of sp³-hybridized carbons (Fsp3) is 0.500. The number of alkyl halides is 1. The summed E-state index contributed by atoms with van der Waals surface area (Å²) in [5.74, 6) is 1.08. The van der Waals surface area contributed by atoms with Gasteiger partial charge in [-0.05, 0) is 57.4 Å². The number of halogens is 1. The number of benzene rings is 1. The lowest BCUT2D eigenvalue weighted by atomic mass is 10.0. The molecule has 0 bridgehead atoms. The number of hydrogen-bond acceptors (Lipinski definition) is 6. The number of anilines is 2. The van der Waals surface area contributed by atoms with Crippen molar-refractivity contribution in [2.24, 2.45) is 11.1 Å². The van der Waals surface area contributed by atoms with Crippen molar-refractivity contribution >= 4 is 18.2 Å². The molecule has 28 heavy (non-hydrogen) atoms. The van der Waals surface area contributed by atoms with Crippen LogP contribution >= 0.6 is 0 Å². The Morgan fingerprint density at radius 1 is 1.21 bits per heavy atom. The first kappa shape index (κ1) is 20.0. The van der Waals surface area contributed by atoms with Crippen LogP contribution in [0.3, 0.4) is 0 Å². The third-order valence-corrected chi connectivity index (χ3v) is 4.75. The van der Waals surface area contributed by atoms with Gasteiger partial charge < -0.3 is 15.8 Å². The van der Waals surface area contributed by atoms with Crippen LogP contribution in [0.5, 0.6) is 0 Å². The molecule has 1 aromatic heterocycles. The summed E-state index contributed by atoms with van der Waals surface area (Å²) < 4.78 is 14.4. The normalized spacial score (nSPS) is 15.5. The van der Waals surface area contributed by atoms with Crippen LogP contribution in [0.15, 0.2) is 35.5 Å². The maximum Gasteiger partial charge on any atom is 0.233 e. The second-order valence-electron chi connectivity index (χ2n) is 7.63. The quantitative estimate of drug-likeness (QED) is 0.246. The van der Waals surface area contributed by atoms with Gasteiger partial charge in [0.15, 0.2) is 11.5 Å². The summed E-state index contributed by atoms with van der Waals surface area (Å²) in [5.41, 5.74) is -0.386. The van der Waals surface area contributed by atoms with Crippen molar-refractivity contribution in [3.8, 4) is 0 Å². The molecule has 0 spiro atoms. The summed E-state index contributed by atoms with van der Waals surface area (Å²) >= 11 is 0. The Balaban J connectivity index is 1.69. The molecule has 2 aromatic rings. The molecule has 0 radical (unpaired) electrons. The number of aromatic nitrogens is 3. The van der Waals surface area contributed by atoms with Gasteiger partial charge in [0.2, 0.25) is 11.9 Å². The molecule has 8 heteroatoms. The first-order valence-electron chi connectivity index (χ1n) is 9.64. The van der Waals surface area contributed by atoms with Gasteiger partial charge in [0, 0.05) is 6.04 Å². The minimum Gasteiger partial charge on any atom is -0.410 e. The van der Waals surface area contributed by atoms with Crippen LogP contribution in [0.25, 0.3) is 0 Å². The van der Waals surface area contributed by atoms with E-state index in [9.17, 15) is 4.39 Å². The molecule has 1 heterocycles. The highest BCUT2D eigenvalue weighted by Gasteiger charge is 2.32. The largest absolute Gasteiger partial charge is 0.410 e. The highest BCUT2D eigenvalue weighted by molar-refractivity contribution is 5.71. The van der Waals surface area contributed by atoms with E-state index in [0.29, 0.717) is 11.9 Å².